The zero-order chi connectivity index (χ0) is 11.8. The standard InChI is InChI=1S/C13H14N2O2/c16-12-9-14(8-10-6-7-10)13(17)15(12)11-4-2-1-3-5-11/h1-5,10H,6-9H2. The Hall–Kier alpha value is -1.84. The van der Waals surface area contributed by atoms with Crippen LogP contribution in [0.2, 0.25) is 0 Å². The van der Waals surface area contributed by atoms with Gasteiger partial charge in [-0.1, -0.05) is 18.2 Å². The summed E-state index contributed by atoms with van der Waals surface area (Å²) < 4.78 is 0. The molecule has 3 amide bonds. The van der Waals surface area contributed by atoms with Crippen LogP contribution in [0.4, 0.5) is 10.5 Å². The molecule has 0 aromatic heterocycles. The second-order valence-corrected chi connectivity index (χ2v) is 4.67. The molecule has 0 unspecified atom stereocenters. The summed E-state index contributed by atoms with van der Waals surface area (Å²) in [5, 5.41) is 0. The molecule has 17 heavy (non-hydrogen) atoms. The molecule has 1 aliphatic heterocycles. The van der Waals surface area contributed by atoms with Gasteiger partial charge in [-0.15, -0.1) is 0 Å². The van der Waals surface area contributed by atoms with E-state index in [2.05, 4.69) is 0 Å². The Kier molecular flexibility index (Phi) is 2.35. The van der Waals surface area contributed by atoms with Crippen LogP contribution in [0.1, 0.15) is 12.8 Å². The monoisotopic (exact) mass is 230 g/mol. The molecule has 3 rings (SSSR count). The van der Waals surface area contributed by atoms with Gasteiger partial charge in [-0.2, -0.15) is 0 Å². The van der Waals surface area contributed by atoms with Gasteiger partial charge >= 0.3 is 6.03 Å². The summed E-state index contributed by atoms with van der Waals surface area (Å²) in [6, 6.07) is 8.94. The summed E-state index contributed by atoms with van der Waals surface area (Å²) in [4.78, 5) is 26.9. The van der Waals surface area contributed by atoms with Crippen molar-refractivity contribution < 1.29 is 9.59 Å². The summed E-state index contributed by atoms with van der Waals surface area (Å²) in [5.41, 5.74) is 0.667. The number of nitrogens with zero attached hydrogens (tertiary/aromatic N) is 2. The van der Waals surface area contributed by atoms with E-state index >= 15 is 0 Å². The number of amides is 3. The SMILES string of the molecule is O=C1CN(CC2CC2)C(=O)N1c1ccccc1. The van der Waals surface area contributed by atoms with Crippen LogP contribution in [0.25, 0.3) is 0 Å². The molecule has 1 heterocycles. The van der Waals surface area contributed by atoms with Crippen LogP contribution < -0.4 is 4.90 Å². The average Bonchev–Trinajstić information content (AvgIpc) is 3.09. The molecule has 0 bridgehead atoms. The molecule has 4 heteroatoms. The van der Waals surface area contributed by atoms with E-state index < -0.39 is 0 Å². The number of carbonyl (C=O) groups excluding carboxylic acids is 2. The third-order valence-electron chi connectivity index (χ3n) is 3.23. The Bertz CT molecular complexity index is 454. The lowest BCUT2D eigenvalue weighted by molar-refractivity contribution is -0.116. The van der Waals surface area contributed by atoms with Gasteiger partial charge in [-0.05, 0) is 30.9 Å². The van der Waals surface area contributed by atoms with E-state index in [0.717, 1.165) is 6.54 Å². The number of rotatable bonds is 3. The van der Waals surface area contributed by atoms with Gasteiger partial charge in [-0.25, -0.2) is 9.69 Å². The fraction of sp³-hybridized carbons (Fsp3) is 0.385. The first-order valence-electron chi connectivity index (χ1n) is 5.92. The molecule has 4 nitrogen and oxygen atoms in total. The molecule has 1 aromatic carbocycles. The molecule has 1 saturated carbocycles. The quantitative estimate of drug-likeness (QED) is 0.744. The summed E-state index contributed by atoms with van der Waals surface area (Å²) in [6.07, 6.45) is 2.37. The lowest BCUT2D eigenvalue weighted by Gasteiger charge is -2.16. The highest BCUT2D eigenvalue weighted by atomic mass is 16.2. The van der Waals surface area contributed by atoms with Gasteiger partial charge in [0.05, 0.1) is 5.69 Å². The first kappa shape index (κ1) is 10.3. The van der Waals surface area contributed by atoms with Crippen molar-refractivity contribution in [2.75, 3.05) is 18.0 Å². The van der Waals surface area contributed by atoms with Crippen molar-refractivity contribution in [3.8, 4) is 0 Å². The van der Waals surface area contributed by atoms with Gasteiger partial charge in [0.1, 0.15) is 6.54 Å². The molecule has 0 spiro atoms. The maximum atomic E-state index is 12.1. The summed E-state index contributed by atoms with van der Waals surface area (Å²) in [7, 11) is 0. The van der Waals surface area contributed by atoms with Gasteiger partial charge in [0.2, 0.25) is 0 Å². The third-order valence-corrected chi connectivity index (χ3v) is 3.23. The molecule has 0 atom stereocenters. The van der Waals surface area contributed by atoms with Crippen molar-refractivity contribution >= 4 is 17.6 Å². The minimum atomic E-state index is -0.173. The number of carbonyl (C=O) groups is 2. The highest BCUT2D eigenvalue weighted by molar-refractivity contribution is 6.19. The van der Waals surface area contributed by atoms with Gasteiger partial charge in [0.25, 0.3) is 5.91 Å². The molecule has 88 valence electrons. The zero-order valence-electron chi connectivity index (χ0n) is 9.50. The normalized spacial score (nSPS) is 20.2. The number of hydrogen-bond acceptors (Lipinski definition) is 2. The number of imide groups is 1. The number of benzene rings is 1. The average molecular weight is 230 g/mol. The first-order valence-corrected chi connectivity index (χ1v) is 5.92. The Balaban J connectivity index is 1.81. The predicted octanol–water partition coefficient (Wildman–Crippen LogP) is 1.87. The largest absolute Gasteiger partial charge is 0.331 e. The summed E-state index contributed by atoms with van der Waals surface area (Å²) in [6.45, 7) is 0.956. The summed E-state index contributed by atoms with van der Waals surface area (Å²) >= 11 is 0. The molecule has 0 radical (unpaired) electrons. The lowest BCUT2D eigenvalue weighted by Crippen LogP contribution is -2.33. The van der Waals surface area contributed by atoms with Crippen LogP contribution in [-0.2, 0) is 4.79 Å². The Morgan fingerprint density at radius 1 is 1.12 bits per heavy atom. The molecular formula is C13H14N2O2. The summed E-state index contributed by atoms with van der Waals surface area (Å²) in [5.74, 6) is 0.490. The van der Waals surface area contributed by atoms with Crippen LogP contribution in [-0.4, -0.2) is 29.9 Å². The maximum absolute atomic E-state index is 12.1. The van der Waals surface area contributed by atoms with Crippen LogP contribution in [0.15, 0.2) is 30.3 Å². The van der Waals surface area contributed by atoms with Crippen molar-refractivity contribution in [2.24, 2.45) is 5.92 Å². The van der Waals surface area contributed by atoms with Crippen molar-refractivity contribution in [1.29, 1.82) is 0 Å². The molecule has 2 fully saturated rings. The van der Waals surface area contributed by atoms with E-state index in [0.29, 0.717) is 11.6 Å². The van der Waals surface area contributed by atoms with Crippen molar-refractivity contribution in [3.05, 3.63) is 30.3 Å². The Morgan fingerprint density at radius 3 is 2.47 bits per heavy atom. The van der Waals surface area contributed by atoms with E-state index in [1.54, 1.807) is 17.0 Å². The van der Waals surface area contributed by atoms with Gasteiger partial charge in [0, 0.05) is 6.54 Å². The second-order valence-electron chi connectivity index (χ2n) is 4.67. The maximum Gasteiger partial charge on any atom is 0.331 e. The van der Waals surface area contributed by atoms with Crippen molar-refractivity contribution in [3.63, 3.8) is 0 Å². The number of urea groups is 1. The number of anilines is 1. The van der Waals surface area contributed by atoms with Crippen molar-refractivity contribution in [1.82, 2.24) is 4.90 Å². The number of hydrogen-bond donors (Lipinski definition) is 0. The first-order chi connectivity index (χ1) is 8.25. The van der Waals surface area contributed by atoms with E-state index in [1.807, 2.05) is 18.2 Å². The van der Waals surface area contributed by atoms with Crippen LogP contribution in [0.3, 0.4) is 0 Å². The highest BCUT2D eigenvalue weighted by Crippen LogP contribution is 2.31. The van der Waals surface area contributed by atoms with Gasteiger partial charge in [-0.3, -0.25) is 4.79 Å². The third kappa shape index (κ3) is 1.90. The van der Waals surface area contributed by atoms with E-state index in [-0.39, 0.29) is 18.5 Å². The zero-order valence-corrected chi connectivity index (χ0v) is 9.50. The molecular weight excluding hydrogens is 216 g/mol. The highest BCUT2D eigenvalue weighted by Gasteiger charge is 2.39. The Morgan fingerprint density at radius 2 is 1.82 bits per heavy atom. The lowest BCUT2D eigenvalue weighted by atomic mass is 10.3. The number of para-hydroxylation sites is 1. The molecule has 1 aromatic rings. The van der Waals surface area contributed by atoms with E-state index in [1.165, 1.54) is 17.7 Å². The van der Waals surface area contributed by atoms with Gasteiger partial charge < -0.3 is 4.90 Å². The van der Waals surface area contributed by atoms with E-state index in [9.17, 15) is 9.59 Å². The Labute approximate surface area is 99.8 Å². The molecule has 1 saturated heterocycles. The van der Waals surface area contributed by atoms with Crippen molar-refractivity contribution in [2.45, 2.75) is 12.8 Å². The molecule has 2 aliphatic rings. The molecule has 1 aliphatic carbocycles. The molecule has 0 N–H and O–H groups in total. The minimum absolute atomic E-state index is 0.123. The van der Waals surface area contributed by atoms with Crippen LogP contribution >= 0.6 is 0 Å². The topological polar surface area (TPSA) is 40.6 Å². The predicted molar refractivity (Wildman–Crippen MR) is 63.6 cm³/mol. The second kappa shape index (κ2) is 3.87. The van der Waals surface area contributed by atoms with E-state index in [4.69, 9.17) is 0 Å². The van der Waals surface area contributed by atoms with Crippen LogP contribution in [0.5, 0.6) is 0 Å². The van der Waals surface area contributed by atoms with Gasteiger partial charge in [0.15, 0.2) is 0 Å². The minimum Gasteiger partial charge on any atom is -0.314 e. The fourth-order valence-electron chi connectivity index (χ4n) is 2.14. The fourth-order valence-corrected chi connectivity index (χ4v) is 2.14. The van der Waals surface area contributed by atoms with Crippen LogP contribution in [0, 0.1) is 5.92 Å². The smallest absolute Gasteiger partial charge is 0.314 e.